The van der Waals surface area contributed by atoms with Crippen molar-refractivity contribution in [1.29, 1.82) is 0 Å². The fraction of sp³-hybridized carbons (Fsp3) is 0.606. The first-order chi connectivity index (χ1) is 22.6. The van der Waals surface area contributed by atoms with Crippen LogP contribution in [0.4, 0.5) is 17.6 Å². The van der Waals surface area contributed by atoms with Crippen molar-refractivity contribution in [3.63, 3.8) is 0 Å². The molecule has 1 N–H and O–H groups in total. The summed E-state index contributed by atoms with van der Waals surface area (Å²) in [6, 6.07) is 4.12. The Hall–Kier alpha value is -2.94. The van der Waals surface area contributed by atoms with Crippen LogP contribution >= 0.6 is 11.8 Å². The number of hydrogen-bond donors (Lipinski definition) is 1. The molecule has 9 nitrogen and oxygen atoms in total. The fourth-order valence-electron chi connectivity index (χ4n) is 6.89. The first-order valence-electron chi connectivity index (χ1n) is 16.5. The number of hydrogen-bond acceptors (Lipinski definition) is 7. The van der Waals surface area contributed by atoms with Gasteiger partial charge in [-0.3, -0.25) is 9.48 Å². The minimum absolute atomic E-state index is 0.112. The smallest absolute Gasteiger partial charge is 0.390 e. The number of nitrogens with zero attached hydrogens (tertiary/aromatic N) is 7. The Morgan fingerprint density at radius 3 is 2.53 bits per heavy atom. The molecule has 2 fully saturated rings. The molecule has 1 aromatic carbocycles. The number of imidazole rings is 1. The number of β-amino-alcohol motifs (C(OH)–C–C–N with tert-alkyl or cyclic N) is 1. The van der Waals surface area contributed by atoms with Crippen LogP contribution in [0.3, 0.4) is 0 Å². The average Bonchev–Trinajstić information content (AvgIpc) is 3.64. The van der Waals surface area contributed by atoms with Crippen LogP contribution in [-0.2, 0) is 32.7 Å². The van der Waals surface area contributed by atoms with E-state index in [0.29, 0.717) is 74.8 Å². The van der Waals surface area contributed by atoms with Crippen LogP contribution in [-0.4, -0.2) is 109 Å². The molecule has 5 heterocycles. The van der Waals surface area contributed by atoms with Gasteiger partial charge >= 0.3 is 6.18 Å². The van der Waals surface area contributed by atoms with Crippen molar-refractivity contribution >= 4 is 17.7 Å². The Balaban J connectivity index is 1.29. The van der Waals surface area contributed by atoms with E-state index >= 15 is 0 Å². The molecular formula is C33H43F4N7O2S. The lowest BCUT2D eigenvalue weighted by Gasteiger charge is -2.29. The highest BCUT2D eigenvalue weighted by Crippen LogP contribution is 2.40. The second kappa shape index (κ2) is 14.7. The van der Waals surface area contributed by atoms with E-state index in [1.165, 1.54) is 12.5 Å². The summed E-state index contributed by atoms with van der Waals surface area (Å²) in [6.07, 6.45) is 2.08. The lowest BCUT2D eigenvalue weighted by Crippen LogP contribution is -2.39. The van der Waals surface area contributed by atoms with Crippen molar-refractivity contribution in [2.45, 2.75) is 75.0 Å². The summed E-state index contributed by atoms with van der Waals surface area (Å²) >= 11 is 1.15. The van der Waals surface area contributed by atoms with Gasteiger partial charge in [0.25, 0.3) is 5.91 Å². The van der Waals surface area contributed by atoms with Gasteiger partial charge in [0.1, 0.15) is 6.17 Å². The van der Waals surface area contributed by atoms with Crippen LogP contribution in [0.15, 0.2) is 35.5 Å². The number of benzene rings is 1. The summed E-state index contributed by atoms with van der Waals surface area (Å²) in [5.74, 6) is 0.515. The maximum absolute atomic E-state index is 14.2. The number of aromatic nitrogens is 4. The van der Waals surface area contributed by atoms with Crippen molar-refractivity contribution in [3.8, 4) is 11.3 Å². The molecule has 2 saturated heterocycles. The van der Waals surface area contributed by atoms with Crippen LogP contribution in [0.5, 0.6) is 0 Å². The molecule has 3 aromatic rings. The van der Waals surface area contributed by atoms with Crippen LogP contribution in [0.2, 0.25) is 0 Å². The van der Waals surface area contributed by atoms with Crippen molar-refractivity contribution in [3.05, 3.63) is 53.2 Å². The Morgan fingerprint density at radius 2 is 1.83 bits per heavy atom. The lowest BCUT2D eigenvalue weighted by molar-refractivity contribution is -0.139. The SMILES string of the molecule is Cn1ccnc1C(=O)N1CCc2c(c(-c3ccc(C(F)(F)F)c(SCCN4CCC(F)CC4)c3)nn2C[C@@H](O)CN2CCCCC2)C1. The van der Waals surface area contributed by atoms with Crippen molar-refractivity contribution in [2.24, 2.45) is 7.05 Å². The molecule has 3 aliphatic heterocycles. The average molecular weight is 678 g/mol. The predicted molar refractivity (Wildman–Crippen MR) is 172 cm³/mol. The lowest BCUT2D eigenvalue weighted by atomic mass is 9.99. The van der Waals surface area contributed by atoms with E-state index in [0.717, 1.165) is 55.0 Å². The number of alkyl halides is 4. The van der Waals surface area contributed by atoms with Gasteiger partial charge in [-0.25, -0.2) is 9.37 Å². The van der Waals surface area contributed by atoms with Gasteiger partial charge in [0.2, 0.25) is 0 Å². The van der Waals surface area contributed by atoms with E-state index < -0.39 is 24.0 Å². The zero-order valence-corrected chi connectivity index (χ0v) is 27.6. The third-order valence-electron chi connectivity index (χ3n) is 9.48. The number of likely N-dealkylation sites (tertiary alicyclic amines) is 2. The molecule has 0 aliphatic carbocycles. The summed E-state index contributed by atoms with van der Waals surface area (Å²) in [5, 5.41) is 16.0. The second-order valence-corrected chi connectivity index (χ2v) is 14.0. The number of aliphatic hydroxyl groups is 1. The molecule has 0 saturated carbocycles. The van der Waals surface area contributed by atoms with Gasteiger partial charge < -0.3 is 24.4 Å². The summed E-state index contributed by atoms with van der Waals surface area (Å²) < 4.78 is 59.5. The largest absolute Gasteiger partial charge is 0.417 e. The van der Waals surface area contributed by atoms with Gasteiger partial charge in [-0.2, -0.15) is 18.3 Å². The molecule has 0 spiro atoms. The molecule has 3 aliphatic rings. The van der Waals surface area contributed by atoms with E-state index in [4.69, 9.17) is 5.10 Å². The molecule has 1 amide bonds. The maximum atomic E-state index is 14.2. The zero-order chi connectivity index (χ0) is 33.1. The monoisotopic (exact) mass is 677 g/mol. The fourth-order valence-corrected chi connectivity index (χ4v) is 8.01. The number of rotatable bonds is 10. The van der Waals surface area contributed by atoms with E-state index in [2.05, 4.69) is 14.8 Å². The summed E-state index contributed by atoms with van der Waals surface area (Å²) in [4.78, 5) is 23.8. The number of amides is 1. The standard InChI is InChI=1S/C33H43F4N7O2S/c1-40-16-10-38-31(40)32(46)43-15-9-28-26(22-43)30(39-44(28)21-25(45)20-42-11-3-2-4-12-42)23-5-6-27(33(35,36)37)29(19-23)47-18-17-41-13-7-24(34)8-14-41/h5-6,10,16,19,24-25,45H,2-4,7-9,11-15,17-18,20-22H2,1H3/t25-/m0/s1. The summed E-state index contributed by atoms with van der Waals surface area (Å²) in [6.45, 7) is 5.12. The molecule has 6 rings (SSSR count). The predicted octanol–water partition coefficient (Wildman–Crippen LogP) is 4.87. The molecule has 0 radical (unpaired) electrons. The number of thioether (sulfide) groups is 1. The maximum Gasteiger partial charge on any atom is 0.417 e. The highest BCUT2D eigenvalue weighted by Gasteiger charge is 2.35. The minimum Gasteiger partial charge on any atom is -0.390 e. The van der Waals surface area contributed by atoms with Crippen molar-refractivity contribution in [2.75, 3.05) is 51.6 Å². The molecule has 47 heavy (non-hydrogen) atoms. The molecule has 256 valence electrons. The number of carbonyl (C=O) groups excluding carboxylic acids is 1. The summed E-state index contributed by atoms with van der Waals surface area (Å²) in [7, 11) is 1.76. The number of halogens is 4. The topological polar surface area (TPSA) is 82.7 Å². The molecule has 2 aromatic heterocycles. The Morgan fingerprint density at radius 1 is 1.06 bits per heavy atom. The van der Waals surface area contributed by atoms with Crippen molar-refractivity contribution < 1.29 is 27.5 Å². The minimum atomic E-state index is -4.53. The molecular weight excluding hydrogens is 634 g/mol. The van der Waals surface area contributed by atoms with E-state index in [1.54, 1.807) is 39.7 Å². The van der Waals surface area contributed by atoms with Crippen molar-refractivity contribution in [1.82, 2.24) is 34.0 Å². The van der Waals surface area contributed by atoms with E-state index in [-0.39, 0.29) is 23.9 Å². The summed E-state index contributed by atoms with van der Waals surface area (Å²) in [5.41, 5.74) is 2.00. The van der Waals surface area contributed by atoms with Gasteiger partial charge in [0, 0.05) is 86.1 Å². The zero-order valence-electron chi connectivity index (χ0n) is 26.8. The molecule has 1 atom stereocenters. The molecule has 0 bridgehead atoms. The number of piperidine rings is 2. The number of fused-ring (bicyclic) bond motifs is 1. The Kier molecular flexibility index (Phi) is 10.6. The first-order valence-corrected chi connectivity index (χ1v) is 17.5. The van der Waals surface area contributed by atoms with Crippen LogP contribution in [0.25, 0.3) is 11.3 Å². The van der Waals surface area contributed by atoms with Crippen LogP contribution in [0.1, 0.15) is 59.5 Å². The third-order valence-corrected chi connectivity index (χ3v) is 10.5. The Bertz CT molecular complexity index is 1530. The third kappa shape index (κ3) is 8.03. The van der Waals surface area contributed by atoms with Gasteiger partial charge in [0.15, 0.2) is 5.82 Å². The van der Waals surface area contributed by atoms with Gasteiger partial charge in [-0.1, -0.05) is 12.5 Å². The van der Waals surface area contributed by atoms with Gasteiger partial charge in [-0.05, 0) is 50.9 Å². The number of carbonyl (C=O) groups is 1. The first kappa shape index (κ1) is 33.9. The van der Waals surface area contributed by atoms with Gasteiger partial charge in [0.05, 0.1) is 30.5 Å². The molecule has 0 unspecified atom stereocenters. The molecule has 14 heteroatoms. The van der Waals surface area contributed by atoms with Crippen LogP contribution in [0, 0.1) is 0 Å². The quantitative estimate of drug-likeness (QED) is 0.242. The van der Waals surface area contributed by atoms with Crippen LogP contribution < -0.4 is 0 Å². The highest BCUT2D eigenvalue weighted by atomic mass is 32.2. The second-order valence-electron chi connectivity index (χ2n) is 12.9. The number of aryl methyl sites for hydroxylation is 1. The Labute approximate surface area is 276 Å². The normalized spacial score (nSPS) is 19.2. The van der Waals surface area contributed by atoms with Gasteiger partial charge in [-0.15, -0.1) is 11.8 Å². The highest BCUT2D eigenvalue weighted by molar-refractivity contribution is 7.99. The number of aliphatic hydroxyl groups excluding tert-OH is 1. The van der Waals surface area contributed by atoms with E-state index in [1.807, 2.05) is 0 Å². The van der Waals surface area contributed by atoms with E-state index in [9.17, 15) is 27.5 Å².